The smallest absolute Gasteiger partial charge is 0.269 e. The van der Waals surface area contributed by atoms with E-state index < -0.39 is 4.92 Å². The van der Waals surface area contributed by atoms with Gasteiger partial charge in [-0.25, -0.2) is 4.39 Å². The first-order chi connectivity index (χ1) is 10.0. The van der Waals surface area contributed by atoms with E-state index in [1.807, 2.05) is 0 Å². The van der Waals surface area contributed by atoms with Crippen LogP contribution in [0.15, 0.2) is 42.5 Å². The summed E-state index contributed by atoms with van der Waals surface area (Å²) >= 11 is 6.07. The van der Waals surface area contributed by atoms with Gasteiger partial charge in [-0.2, -0.15) is 0 Å². The van der Waals surface area contributed by atoms with Crippen LogP contribution in [-0.4, -0.2) is 12.0 Å². The molecule has 0 aliphatic heterocycles. The maximum absolute atomic E-state index is 13.1. The fourth-order valence-corrected chi connectivity index (χ4v) is 2.44. The maximum atomic E-state index is 13.1. The molecule has 0 aliphatic rings. The van der Waals surface area contributed by atoms with Crippen LogP contribution < -0.4 is 5.32 Å². The first kappa shape index (κ1) is 15.4. The van der Waals surface area contributed by atoms with E-state index >= 15 is 0 Å². The highest BCUT2D eigenvalue weighted by Crippen LogP contribution is 2.27. The van der Waals surface area contributed by atoms with E-state index in [4.69, 9.17) is 11.6 Å². The highest BCUT2D eigenvalue weighted by Gasteiger charge is 2.15. The molecule has 0 saturated heterocycles. The zero-order valence-electron chi connectivity index (χ0n) is 11.3. The first-order valence-electron chi connectivity index (χ1n) is 6.37. The number of likely N-dealkylation sites (N-methyl/N-ethyl adjacent to an activating group) is 1. The predicted molar refractivity (Wildman–Crippen MR) is 80.0 cm³/mol. The highest BCUT2D eigenvalue weighted by atomic mass is 35.5. The number of rotatable bonds is 5. The molecule has 21 heavy (non-hydrogen) atoms. The number of benzene rings is 2. The van der Waals surface area contributed by atoms with E-state index in [0.717, 1.165) is 11.1 Å². The Morgan fingerprint density at radius 3 is 2.48 bits per heavy atom. The van der Waals surface area contributed by atoms with E-state index in [1.165, 1.54) is 24.3 Å². The van der Waals surface area contributed by atoms with Crippen molar-refractivity contribution in [3.05, 3.63) is 74.5 Å². The fourth-order valence-electron chi connectivity index (χ4n) is 2.14. The van der Waals surface area contributed by atoms with Crippen LogP contribution in [0.3, 0.4) is 0 Å². The van der Waals surface area contributed by atoms with Gasteiger partial charge in [-0.05, 0) is 36.7 Å². The third kappa shape index (κ3) is 3.77. The van der Waals surface area contributed by atoms with E-state index in [1.54, 1.807) is 25.2 Å². The molecule has 0 aliphatic carbocycles. The molecule has 1 N–H and O–H groups in total. The van der Waals surface area contributed by atoms with Crippen LogP contribution >= 0.6 is 11.6 Å². The average Bonchev–Trinajstić information content (AvgIpc) is 2.46. The SMILES string of the molecule is CNC(Cc1ccc([N+](=O)[O-])cc1)c1ccc(F)cc1Cl. The zero-order chi connectivity index (χ0) is 15.4. The number of hydrogen-bond donors (Lipinski definition) is 1. The van der Waals surface area contributed by atoms with Gasteiger partial charge in [-0.3, -0.25) is 10.1 Å². The second-order valence-corrected chi connectivity index (χ2v) is 5.04. The minimum Gasteiger partial charge on any atom is -0.313 e. The lowest BCUT2D eigenvalue weighted by atomic mass is 9.98. The van der Waals surface area contributed by atoms with E-state index in [-0.39, 0.29) is 17.5 Å². The minimum absolute atomic E-state index is 0.0552. The molecular weight excluding hydrogens is 295 g/mol. The molecule has 0 bridgehead atoms. The van der Waals surface area contributed by atoms with Crippen LogP contribution in [0.5, 0.6) is 0 Å². The van der Waals surface area contributed by atoms with Crippen LogP contribution in [0, 0.1) is 15.9 Å². The minimum atomic E-state index is -0.434. The molecule has 110 valence electrons. The second-order valence-electron chi connectivity index (χ2n) is 4.63. The summed E-state index contributed by atoms with van der Waals surface area (Å²) in [5.74, 6) is -0.381. The third-order valence-corrected chi connectivity index (χ3v) is 3.60. The van der Waals surface area contributed by atoms with Crippen molar-refractivity contribution >= 4 is 17.3 Å². The Labute approximate surface area is 126 Å². The van der Waals surface area contributed by atoms with Crippen LogP contribution in [0.2, 0.25) is 5.02 Å². The van der Waals surface area contributed by atoms with Crippen molar-refractivity contribution in [2.75, 3.05) is 7.05 Å². The van der Waals surface area contributed by atoms with Gasteiger partial charge >= 0.3 is 0 Å². The summed E-state index contributed by atoms with van der Waals surface area (Å²) in [6, 6.07) is 10.5. The monoisotopic (exact) mass is 308 g/mol. The quantitative estimate of drug-likeness (QED) is 0.673. The summed E-state index contributed by atoms with van der Waals surface area (Å²) in [4.78, 5) is 10.2. The van der Waals surface area contributed by atoms with E-state index in [2.05, 4.69) is 5.32 Å². The molecule has 0 aromatic heterocycles. The lowest BCUT2D eigenvalue weighted by Gasteiger charge is -2.18. The van der Waals surface area contributed by atoms with Gasteiger partial charge in [0.15, 0.2) is 0 Å². The molecule has 2 rings (SSSR count). The van der Waals surface area contributed by atoms with Crippen molar-refractivity contribution in [3.8, 4) is 0 Å². The number of nitrogens with zero attached hydrogens (tertiary/aromatic N) is 1. The largest absolute Gasteiger partial charge is 0.313 e. The molecule has 0 radical (unpaired) electrons. The van der Waals surface area contributed by atoms with Gasteiger partial charge in [0, 0.05) is 23.2 Å². The van der Waals surface area contributed by atoms with Crippen molar-refractivity contribution < 1.29 is 9.31 Å². The lowest BCUT2D eigenvalue weighted by molar-refractivity contribution is -0.384. The molecule has 2 aromatic carbocycles. The number of nitro benzene ring substituents is 1. The van der Waals surface area contributed by atoms with Crippen LogP contribution in [-0.2, 0) is 6.42 Å². The average molecular weight is 309 g/mol. The molecule has 0 fully saturated rings. The summed E-state index contributed by atoms with van der Waals surface area (Å²) in [5.41, 5.74) is 1.78. The third-order valence-electron chi connectivity index (χ3n) is 3.27. The lowest BCUT2D eigenvalue weighted by Crippen LogP contribution is -2.19. The molecule has 6 heteroatoms. The summed E-state index contributed by atoms with van der Waals surface area (Å²) in [5, 5.41) is 14.1. The van der Waals surface area contributed by atoms with Gasteiger partial charge in [0.1, 0.15) is 5.82 Å². The molecule has 4 nitrogen and oxygen atoms in total. The first-order valence-corrected chi connectivity index (χ1v) is 6.74. The summed E-state index contributed by atoms with van der Waals surface area (Å²) in [7, 11) is 1.79. The van der Waals surface area contributed by atoms with Gasteiger partial charge in [0.2, 0.25) is 0 Å². The van der Waals surface area contributed by atoms with Crippen molar-refractivity contribution in [1.29, 1.82) is 0 Å². The standard InChI is InChI=1S/C15H14ClFN2O2/c1-18-15(13-7-4-11(17)9-14(13)16)8-10-2-5-12(6-3-10)19(20)21/h2-7,9,15,18H,8H2,1H3. The molecule has 0 amide bonds. The van der Waals surface area contributed by atoms with Crippen molar-refractivity contribution in [2.45, 2.75) is 12.5 Å². The number of hydrogen-bond acceptors (Lipinski definition) is 3. The topological polar surface area (TPSA) is 55.2 Å². The normalized spacial score (nSPS) is 12.1. The zero-order valence-corrected chi connectivity index (χ0v) is 12.1. The molecule has 0 saturated carbocycles. The Bertz CT molecular complexity index is 647. The molecule has 1 atom stereocenters. The van der Waals surface area contributed by atoms with Crippen LogP contribution in [0.25, 0.3) is 0 Å². The summed E-state index contributed by atoms with van der Waals surface area (Å²) < 4.78 is 13.1. The predicted octanol–water partition coefficient (Wildman–Crippen LogP) is 3.89. The number of halogens is 2. The van der Waals surface area contributed by atoms with Gasteiger partial charge in [0.25, 0.3) is 5.69 Å². The molecule has 0 heterocycles. The van der Waals surface area contributed by atoms with E-state index in [0.29, 0.717) is 11.4 Å². The summed E-state index contributed by atoms with van der Waals surface area (Å²) in [6.45, 7) is 0. The van der Waals surface area contributed by atoms with Crippen molar-refractivity contribution in [3.63, 3.8) is 0 Å². The van der Waals surface area contributed by atoms with Crippen LogP contribution in [0.4, 0.5) is 10.1 Å². The van der Waals surface area contributed by atoms with E-state index in [9.17, 15) is 14.5 Å². The Morgan fingerprint density at radius 1 is 1.29 bits per heavy atom. The molecule has 0 spiro atoms. The molecule has 2 aromatic rings. The Kier molecular flexibility index (Phi) is 4.88. The highest BCUT2D eigenvalue weighted by molar-refractivity contribution is 6.31. The van der Waals surface area contributed by atoms with Gasteiger partial charge in [0.05, 0.1) is 4.92 Å². The number of nitro groups is 1. The molecule has 1 unspecified atom stereocenters. The van der Waals surface area contributed by atoms with Crippen molar-refractivity contribution in [1.82, 2.24) is 5.32 Å². The van der Waals surface area contributed by atoms with Gasteiger partial charge in [-0.15, -0.1) is 0 Å². The molecular formula is C15H14ClFN2O2. The number of non-ortho nitro benzene ring substituents is 1. The second kappa shape index (κ2) is 6.65. The maximum Gasteiger partial charge on any atom is 0.269 e. The Hall–Kier alpha value is -1.98. The Morgan fingerprint density at radius 2 is 1.95 bits per heavy atom. The van der Waals surface area contributed by atoms with Crippen molar-refractivity contribution in [2.24, 2.45) is 0 Å². The van der Waals surface area contributed by atoms with Crippen LogP contribution in [0.1, 0.15) is 17.2 Å². The summed E-state index contributed by atoms with van der Waals surface area (Å²) in [6.07, 6.45) is 0.597. The fraction of sp³-hybridized carbons (Fsp3) is 0.200. The van der Waals surface area contributed by atoms with Gasteiger partial charge in [-0.1, -0.05) is 29.8 Å². The Balaban J connectivity index is 2.20. The van der Waals surface area contributed by atoms with Gasteiger partial charge < -0.3 is 5.32 Å². The number of nitrogens with one attached hydrogen (secondary N) is 1.